The van der Waals surface area contributed by atoms with Crippen LogP contribution in [0.15, 0.2) is 10.2 Å². The smallest absolute Gasteiger partial charge is 0.311 e. The van der Waals surface area contributed by atoms with Gasteiger partial charge < -0.3 is 14.6 Å². The minimum Gasteiger partial charge on any atom is -0.481 e. The summed E-state index contributed by atoms with van der Waals surface area (Å²) in [6, 6.07) is 0. The number of likely N-dealkylation sites (tertiary alicyclic amines) is 1. The molecular formula is C15H20N2O4S. The van der Waals surface area contributed by atoms with Crippen LogP contribution in [0.25, 0.3) is 0 Å². The topological polar surface area (TPSA) is 79.6 Å². The highest BCUT2D eigenvalue weighted by atomic mass is 32.1. The molecule has 7 heteroatoms. The molecule has 2 aliphatic rings. The second-order valence-electron chi connectivity index (χ2n) is 6.37. The first-order chi connectivity index (χ1) is 10.4. The minimum absolute atomic E-state index is 0.0486. The molecule has 1 aliphatic carbocycles. The van der Waals surface area contributed by atoms with Gasteiger partial charge in [-0.3, -0.25) is 14.4 Å². The zero-order valence-corrected chi connectivity index (χ0v) is 13.4. The highest BCUT2D eigenvalue weighted by molar-refractivity contribution is 7.07. The normalized spacial score (nSPS) is 27.1. The van der Waals surface area contributed by atoms with Crippen molar-refractivity contribution in [1.82, 2.24) is 9.47 Å². The zero-order chi connectivity index (χ0) is 15.9. The van der Waals surface area contributed by atoms with Crippen molar-refractivity contribution < 1.29 is 14.7 Å². The van der Waals surface area contributed by atoms with Crippen molar-refractivity contribution in [3.63, 3.8) is 0 Å². The second-order valence-corrected chi connectivity index (χ2v) is 7.19. The number of nitrogens with zero attached hydrogens (tertiary/aromatic N) is 2. The average Bonchev–Trinajstić information content (AvgIpc) is 3.10. The number of fused-ring (bicyclic) bond motifs is 1. The summed E-state index contributed by atoms with van der Waals surface area (Å²) in [5, 5.41) is 11.3. The molecule has 1 saturated heterocycles. The van der Waals surface area contributed by atoms with Crippen LogP contribution in [-0.4, -0.2) is 39.5 Å². The first-order valence-electron chi connectivity index (χ1n) is 7.60. The summed E-state index contributed by atoms with van der Waals surface area (Å²) in [5.74, 6) is -0.734. The monoisotopic (exact) mass is 324 g/mol. The van der Waals surface area contributed by atoms with Crippen LogP contribution < -0.4 is 4.87 Å². The molecule has 0 radical (unpaired) electrons. The lowest BCUT2D eigenvalue weighted by Crippen LogP contribution is -2.37. The summed E-state index contributed by atoms with van der Waals surface area (Å²) >= 11 is 1.14. The Morgan fingerprint density at radius 1 is 1.50 bits per heavy atom. The van der Waals surface area contributed by atoms with Crippen molar-refractivity contribution >= 4 is 23.2 Å². The molecule has 1 aromatic rings. The molecule has 22 heavy (non-hydrogen) atoms. The number of carboxylic acids is 1. The fourth-order valence-electron chi connectivity index (χ4n) is 3.87. The lowest BCUT2D eigenvalue weighted by Gasteiger charge is -2.23. The number of aryl methyl sites for hydroxylation is 1. The van der Waals surface area contributed by atoms with Crippen LogP contribution >= 0.6 is 11.3 Å². The molecule has 0 spiro atoms. The summed E-state index contributed by atoms with van der Waals surface area (Å²) in [6.45, 7) is 3.09. The Kier molecular flexibility index (Phi) is 3.84. The highest BCUT2D eigenvalue weighted by Gasteiger charge is 2.55. The van der Waals surface area contributed by atoms with E-state index in [2.05, 4.69) is 0 Å². The van der Waals surface area contributed by atoms with Gasteiger partial charge in [0.1, 0.15) is 0 Å². The van der Waals surface area contributed by atoms with Crippen LogP contribution in [-0.2, 0) is 16.1 Å². The number of amides is 1. The first-order valence-corrected chi connectivity index (χ1v) is 8.48. The molecule has 0 unspecified atom stereocenters. The van der Waals surface area contributed by atoms with Crippen LogP contribution in [0, 0.1) is 18.3 Å². The Hall–Kier alpha value is -1.63. The zero-order valence-electron chi connectivity index (χ0n) is 12.6. The van der Waals surface area contributed by atoms with Gasteiger partial charge in [-0.15, -0.1) is 0 Å². The maximum Gasteiger partial charge on any atom is 0.311 e. The van der Waals surface area contributed by atoms with E-state index in [1.54, 1.807) is 14.8 Å². The number of hydrogen-bond acceptors (Lipinski definition) is 4. The van der Waals surface area contributed by atoms with E-state index in [0.717, 1.165) is 29.9 Å². The van der Waals surface area contributed by atoms with E-state index in [4.69, 9.17) is 0 Å². The SMILES string of the molecule is Cc1csc(=O)n1CCC(=O)N1C[C@@H]2CCC[C@@]2(C(=O)O)C1. The van der Waals surface area contributed by atoms with Gasteiger partial charge in [-0.1, -0.05) is 17.8 Å². The van der Waals surface area contributed by atoms with Crippen LogP contribution in [0.2, 0.25) is 0 Å². The minimum atomic E-state index is -0.768. The van der Waals surface area contributed by atoms with Crippen molar-refractivity contribution in [3.8, 4) is 0 Å². The van der Waals surface area contributed by atoms with Crippen molar-refractivity contribution in [2.45, 2.75) is 39.2 Å². The number of rotatable bonds is 4. The fourth-order valence-corrected chi connectivity index (χ4v) is 4.63. The predicted molar refractivity (Wildman–Crippen MR) is 81.9 cm³/mol. The van der Waals surface area contributed by atoms with Crippen LogP contribution in [0.1, 0.15) is 31.4 Å². The molecule has 1 aliphatic heterocycles. The van der Waals surface area contributed by atoms with Gasteiger partial charge in [0, 0.05) is 37.1 Å². The van der Waals surface area contributed by atoms with Gasteiger partial charge in [0.15, 0.2) is 0 Å². The first kappa shape index (κ1) is 15.3. The highest BCUT2D eigenvalue weighted by Crippen LogP contribution is 2.48. The molecule has 1 saturated carbocycles. The van der Waals surface area contributed by atoms with E-state index in [0.29, 0.717) is 26.1 Å². The molecule has 0 bridgehead atoms. The van der Waals surface area contributed by atoms with E-state index in [-0.39, 0.29) is 23.1 Å². The number of carbonyl (C=O) groups is 2. The summed E-state index contributed by atoms with van der Waals surface area (Å²) in [7, 11) is 0. The summed E-state index contributed by atoms with van der Waals surface area (Å²) in [4.78, 5) is 37.3. The third kappa shape index (κ3) is 2.37. The van der Waals surface area contributed by atoms with Crippen molar-refractivity contribution in [3.05, 3.63) is 20.7 Å². The predicted octanol–water partition coefficient (Wildman–Crippen LogP) is 1.32. The lowest BCUT2D eigenvalue weighted by molar-refractivity contribution is -0.149. The molecule has 2 heterocycles. The number of aliphatic carboxylic acids is 1. The van der Waals surface area contributed by atoms with Crippen LogP contribution in [0.5, 0.6) is 0 Å². The number of thiazole rings is 1. The Morgan fingerprint density at radius 2 is 2.27 bits per heavy atom. The lowest BCUT2D eigenvalue weighted by atomic mass is 9.81. The number of carboxylic acid groups (broad SMARTS) is 1. The summed E-state index contributed by atoms with van der Waals surface area (Å²) in [5.41, 5.74) is 0.133. The van der Waals surface area contributed by atoms with Crippen LogP contribution in [0.3, 0.4) is 0 Å². The van der Waals surface area contributed by atoms with Crippen molar-refractivity contribution in [2.24, 2.45) is 11.3 Å². The van der Waals surface area contributed by atoms with E-state index >= 15 is 0 Å². The third-order valence-electron chi connectivity index (χ3n) is 5.18. The van der Waals surface area contributed by atoms with Crippen molar-refractivity contribution in [1.29, 1.82) is 0 Å². The third-order valence-corrected chi connectivity index (χ3v) is 6.06. The molecular weight excluding hydrogens is 304 g/mol. The van der Waals surface area contributed by atoms with Gasteiger partial charge in [-0.2, -0.15) is 0 Å². The maximum atomic E-state index is 12.4. The largest absolute Gasteiger partial charge is 0.481 e. The molecule has 120 valence electrons. The quantitative estimate of drug-likeness (QED) is 0.906. The van der Waals surface area contributed by atoms with E-state index < -0.39 is 11.4 Å². The molecule has 6 nitrogen and oxygen atoms in total. The molecule has 2 fully saturated rings. The Labute approximate surface area is 132 Å². The van der Waals surface area contributed by atoms with Gasteiger partial charge >= 0.3 is 10.8 Å². The van der Waals surface area contributed by atoms with Gasteiger partial charge in [0.25, 0.3) is 0 Å². The summed E-state index contributed by atoms with van der Waals surface area (Å²) < 4.78 is 1.60. The second kappa shape index (κ2) is 5.53. The number of carbonyl (C=O) groups excluding carboxylic acids is 1. The Morgan fingerprint density at radius 3 is 2.86 bits per heavy atom. The van der Waals surface area contributed by atoms with Gasteiger partial charge in [-0.25, -0.2) is 0 Å². The van der Waals surface area contributed by atoms with Crippen LogP contribution in [0.4, 0.5) is 0 Å². The summed E-state index contributed by atoms with van der Waals surface area (Å²) in [6.07, 6.45) is 2.74. The molecule has 0 aromatic carbocycles. The average molecular weight is 324 g/mol. The van der Waals surface area contributed by atoms with Gasteiger partial charge in [0.05, 0.1) is 5.41 Å². The van der Waals surface area contributed by atoms with E-state index in [1.165, 1.54) is 0 Å². The number of aromatic nitrogens is 1. The Bertz CT molecular complexity index is 665. The van der Waals surface area contributed by atoms with Gasteiger partial charge in [0.2, 0.25) is 5.91 Å². The molecule has 1 amide bonds. The standard InChI is InChI=1S/C15H20N2O4S/c1-10-8-22-14(21)17(10)6-4-12(18)16-7-11-3-2-5-15(11,9-16)13(19)20/h8,11H,2-7,9H2,1H3,(H,19,20)/t11-,15+/m0/s1. The molecule has 1 aromatic heterocycles. The van der Waals surface area contributed by atoms with E-state index in [1.807, 2.05) is 6.92 Å². The Balaban J connectivity index is 1.65. The number of hydrogen-bond donors (Lipinski definition) is 1. The molecule has 3 rings (SSSR count). The molecule has 2 atom stereocenters. The van der Waals surface area contributed by atoms with E-state index in [9.17, 15) is 19.5 Å². The van der Waals surface area contributed by atoms with Crippen molar-refractivity contribution in [2.75, 3.05) is 13.1 Å². The fraction of sp³-hybridized carbons (Fsp3) is 0.667. The maximum absolute atomic E-state index is 12.4. The van der Waals surface area contributed by atoms with Gasteiger partial charge in [-0.05, 0) is 25.7 Å². The molecule has 1 N–H and O–H groups in total.